The van der Waals surface area contributed by atoms with Crippen molar-refractivity contribution in [3.63, 3.8) is 0 Å². The Morgan fingerprint density at radius 1 is 1.25 bits per heavy atom. The Labute approximate surface area is 168 Å². The number of hydrogen-bond donors (Lipinski definition) is 3. The van der Waals surface area contributed by atoms with Crippen LogP contribution in [0.15, 0.2) is 36.7 Å². The van der Waals surface area contributed by atoms with Crippen molar-refractivity contribution in [1.29, 1.82) is 0 Å². The topological polar surface area (TPSA) is 73.1 Å². The van der Waals surface area contributed by atoms with Crippen molar-refractivity contribution in [1.82, 2.24) is 9.97 Å². The fourth-order valence-electron chi connectivity index (χ4n) is 3.13. The minimum Gasteiger partial charge on any atom is -0.359 e. The highest BCUT2D eigenvalue weighted by atomic mass is 35.5. The Balaban J connectivity index is 1.46. The summed E-state index contributed by atoms with van der Waals surface area (Å²) in [5.41, 5.74) is 1.73. The molecule has 3 heterocycles. The van der Waals surface area contributed by atoms with Crippen molar-refractivity contribution in [3.8, 4) is 0 Å². The molecule has 2 aromatic heterocycles. The number of carbonyl (C=O) groups is 1. The van der Waals surface area contributed by atoms with E-state index in [0.717, 1.165) is 10.9 Å². The largest absolute Gasteiger partial charge is 0.359 e. The summed E-state index contributed by atoms with van der Waals surface area (Å²) < 4.78 is 26.8. The van der Waals surface area contributed by atoms with Gasteiger partial charge in [0.1, 0.15) is 5.82 Å². The summed E-state index contributed by atoms with van der Waals surface area (Å²) in [4.78, 5) is 20.9. The molecular formula is C18H15Cl2F2N5O. The third kappa shape index (κ3) is 3.83. The van der Waals surface area contributed by atoms with Crippen LogP contribution in [0.5, 0.6) is 0 Å². The molecule has 1 fully saturated rings. The van der Waals surface area contributed by atoms with E-state index in [1.54, 1.807) is 18.3 Å². The molecule has 4 rings (SSSR count). The molecule has 3 N–H and O–H groups in total. The third-order valence-electron chi connectivity index (χ3n) is 4.44. The Kier molecular flexibility index (Phi) is 4.76. The lowest BCUT2D eigenvalue weighted by Gasteiger charge is -2.18. The maximum absolute atomic E-state index is 13.4. The van der Waals surface area contributed by atoms with Gasteiger partial charge in [-0.2, -0.15) is 0 Å². The summed E-state index contributed by atoms with van der Waals surface area (Å²) >= 11 is 12.2. The van der Waals surface area contributed by atoms with Crippen LogP contribution in [0.1, 0.15) is 6.42 Å². The summed E-state index contributed by atoms with van der Waals surface area (Å²) in [5, 5.41) is 6.85. The SMILES string of the molecule is O=C(Nc1cnc(N2CCC(F)(F)C2)c(Cl)c1)Nc1c[nH]c2ccc(Cl)cc12. The summed E-state index contributed by atoms with van der Waals surface area (Å²) in [6, 6.07) is 6.27. The fourth-order valence-corrected chi connectivity index (χ4v) is 3.59. The van der Waals surface area contributed by atoms with E-state index in [-0.39, 0.29) is 23.8 Å². The van der Waals surface area contributed by atoms with Gasteiger partial charge in [0.15, 0.2) is 0 Å². The van der Waals surface area contributed by atoms with Crippen LogP contribution in [-0.2, 0) is 0 Å². The number of aromatic nitrogens is 2. The molecule has 1 aromatic carbocycles. The molecule has 0 radical (unpaired) electrons. The molecule has 0 spiro atoms. The number of carbonyl (C=O) groups excluding carboxylic acids is 1. The van der Waals surface area contributed by atoms with Crippen molar-refractivity contribution in [2.75, 3.05) is 28.6 Å². The summed E-state index contributed by atoms with van der Waals surface area (Å²) in [7, 11) is 0. The molecule has 1 aliphatic heterocycles. The Morgan fingerprint density at radius 3 is 2.79 bits per heavy atom. The van der Waals surface area contributed by atoms with Gasteiger partial charge >= 0.3 is 6.03 Å². The number of benzene rings is 1. The van der Waals surface area contributed by atoms with Gasteiger partial charge in [-0.3, -0.25) is 0 Å². The lowest BCUT2D eigenvalue weighted by Crippen LogP contribution is -2.26. The molecule has 28 heavy (non-hydrogen) atoms. The van der Waals surface area contributed by atoms with Crippen LogP contribution >= 0.6 is 23.2 Å². The van der Waals surface area contributed by atoms with E-state index in [2.05, 4.69) is 20.6 Å². The number of H-pyrrole nitrogens is 1. The predicted molar refractivity (Wildman–Crippen MR) is 107 cm³/mol. The molecule has 0 atom stereocenters. The number of alkyl halides is 2. The normalized spacial score (nSPS) is 15.8. The number of nitrogens with one attached hydrogen (secondary N) is 3. The zero-order valence-electron chi connectivity index (χ0n) is 14.4. The van der Waals surface area contributed by atoms with Crippen molar-refractivity contribution in [2.45, 2.75) is 12.3 Å². The van der Waals surface area contributed by atoms with Gasteiger partial charge in [0, 0.05) is 35.1 Å². The molecule has 0 unspecified atom stereocenters. The molecule has 1 aliphatic rings. The van der Waals surface area contributed by atoms with Crippen molar-refractivity contribution in [3.05, 3.63) is 46.7 Å². The number of rotatable bonds is 3. The number of amides is 2. The first-order chi connectivity index (χ1) is 13.3. The van der Waals surface area contributed by atoms with E-state index in [9.17, 15) is 13.6 Å². The van der Waals surface area contributed by atoms with E-state index in [1.165, 1.54) is 17.2 Å². The second-order valence-corrected chi connectivity index (χ2v) is 7.37. The minimum atomic E-state index is -2.75. The van der Waals surface area contributed by atoms with Crippen LogP contribution in [0, 0.1) is 0 Å². The van der Waals surface area contributed by atoms with Crippen molar-refractivity contribution < 1.29 is 13.6 Å². The van der Waals surface area contributed by atoms with E-state index in [0.29, 0.717) is 16.4 Å². The molecule has 1 saturated heterocycles. The molecule has 0 saturated carbocycles. The van der Waals surface area contributed by atoms with Gasteiger partial charge in [-0.1, -0.05) is 23.2 Å². The van der Waals surface area contributed by atoms with Crippen LogP contribution in [0.3, 0.4) is 0 Å². The second kappa shape index (κ2) is 7.10. The van der Waals surface area contributed by atoms with Gasteiger partial charge in [-0.15, -0.1) is 0 Å². The zero-order chi connectivity index (χ0) is 19.9. The highest BCUT2D eigenvalue weighted by Crippen LogP contribution is 2.34. The van der Waals surface area contributed by atoms with Gasteiger partial charge in [-0.25, -0.2) is 18.6 Å². The van der Waals surface area contributed by atoms with Crippen molar-refractivity contribution in [2.24, 2.45) is 0 Å². The first kappa shape index (κ1) is 18.8. The van der Waals surface area contributed by atoms with Crippen LogP contribution in [0.2, 0.25) is 10.0 Å². The van der Waals surface area contributed by atoms with Crippen LogP contribution < -0.4 is 15.5 Å². The van der Waals surface area contributed by atoms with E-state index in [4.69, 9.17) is 23.2 Å². The molecule has 10 heteroatoms. The number of hydrogen-bond acceptors (Lipinski definition) is 3. The Hall–Kier alpha value is -2.58. The van der Waals surface area contributed by atoms with Crippen LogP contribution in [0.25, 0.3) is 10.9 Å². The number of urea groups is 1. The number of nitrogens with zero attached hydrogens (tertiary/aromatic N) is 2. The average molecular weight is 426 g/mol. The van der Waals surface area contributed by atoms with Crippen LogP contribution in [0.4, 0.5) is 30.8 Å². The smallest absolute Gasteiger partial charge is 0.323 e. The highest BCUT2D eigenvalue weighted by Gasteiger charge is 2.39. The lowest BCUT2D eigenvalue weighted by molar-refractivity contribution is 0.0257. The molecule has 0 bridgehead atoms. The number of aromatic amines is 1. The number of halogens is 4. The molecule has 3 aromatic rings. The molecular weight excluding hydrogens is 411 g/mol. The fraction of sp³-hybridized carbons (Fsp3) is 0.222. The summed E-state index contributed by atoms with van der Waals surface area (Å²) in [6.07, 6.45) is 2.80. The van der Waals surface area contributed by atoms with Gasteiger partial charge in [-0.05, 0) is 24.3 Å². The minimum absolute atomic E-state index is 0.177. The molecule has 2 amide bonds. The monoisotopic (exact) mass is 425 g/mol. The second-order valence-electron chi connectivity index (χ2n) is 6.53. The first-order valence-corrected chi connectivity index (χ1v) is 9.19. The third-order valence-corrected chi connectivity index (χ3v) is 4.95. The van der Waals surface area contributed by atoms with E-state index >= 15 is 0 Å². The van der Waals surface area contributed by atoms with Crippen molar-refractivity contribution >= 4 is 57.3 Å². The standard InChI is InChI=1S/C18H15Cl2F2N5O/c19-10-1-2-14-12(5-10)15(8-23-14)26-17(28)25-11-6-13(20)16(24-7-11)27-4-3-18(21,22)9-27/h1-2,5-8,23H,3-4,9H2,(H2,25,26,28). The van der Waals surface area contributed by atoms with E-state index in [1.807, 2.05) is 6.07 Å². The molecule has 146 valence electrons. The highest BCUT2D eigenvalue weighted by molar-refractivity contribution is 6.33. The lowest BCUT2D eigenvalue weighted by atomic mass is 10.2. The quantitative estimate of drug-likeness (QED) is 0.528. The van der Waals surface area contributed by atoms with Gasteiger partial charge in [0.25, 0.3) is 5.92 Å². The zero-order valence-corrected chi connectivity index (χ0v) is 15.9. The van der Waals surface area contributed by atoms with Gasteiger partial charge in [0.05, 0.1) is 29.1 Å². The summed E-state index contributed by atoms with van der Waals surface area (Å²) in [6.45, 7) is -0.244. The maximum atomic E-state index is 13.4. The molecule has 6 nitrogen and oxygen atoms in total. The first-order valence-electron chi connectivity index (χ1n) is 8.44. The average Bonchev–Trinajstić information content (AvgIpc) is 3.18. The summed E-state index contributed by atoms with van der Waals surface area (Å²) in [5.74, 6) is -2.47. The van der Waals surface area contributed by atoms with Gasteiger partial charge < -0.3 is 20.5 Å². The van der Waals surface area contributed by atoms with Gasteiger partial charge in [0.2, 0.25) is 0 Å². The number of anilines is 3. The van der Waals surface area contributed by atoms with Crippen LogP contribution in [-0.4, -0.2) is 35.0 Å². The van der Waals surface area contributed by atoms with E-state index < -0.39 is 18.5 Å². The maximum Gasteiger partial charge on any atom is 0.323 e. The number of pyridine rings is 1. The molecule has 0 aliphatic carbocycles. The predicted octanol–water partition coefficient (Wildman–Crippen LogP) is 5.36. The number of fused-ring (bicyclic) bond motifs is 1. The Morgan fingerprint density at radius 2 is 2.07 bits per heavy atom. The Bertz CT molecular complexity index is 1060.